The van der Waals surface area contributed by atoms with Gasteiger partial charge in [-0.05, 0) is 44.6 Å². The van der Waals surface area contributed by atoms with E-state index in [0.29, 0.717) is 12.3 Å². The molecule has 22 heavy (non-hydrogen) atoms. The monoisotopic (exact) mass is 318 g/mol. The Morgan fingerprint density at radius 1 is 1.50 bits per heavy atom. The first kappa shape index (κ1) is 15.2. The summed E-state index contributed by atoms with van der Waals surface area (Å²) >= 11 is 1.61. The van der Waals surface area contributed by atoms with Crippen LogP contribution in [0.15, 0.2) is 11.6 Å². The zero-order valence-corrected chi connectivity index (χ0v) is 13.9. The second kappa shape index (κ2) is 6.60. The minimum Gasteiger partial charge on any atom is -0.342 e. The number of nitrogens with one attached hydrogen (secondary N) is 1. The van der Waals surface area contributed by atoms with Crippen LogP contribution in [0.25, 0.3) is 0 Å². The van der Waals surface area contributed by atoms with Crippen molar-refractivity contribution in [3.63, 3.8) is 0 Å². The summed E-state index contributed by atoms with van der Waals surface area (Å²) in [5, 5.41) is 10.2. The molecular weight excluding hydrogens is 296 g/mol. The van der Waals surface area contributed by atoms with Gasteiger partial charge < -0.3 is 4.90 Å². The molecule has 3 heterocycles. The molecule has 5 nitrogen and oxygen atoms in total. The summed E-state index contributed by atoms with van der Waals surface area (Å²) < 4.78 is 0. The molecule has 0 bridgehead atoms. The van der Waals surface area contributed by atoms with Gasteiger partial charge in [0, 0.05) is 24.2 Å². The molecule has 1 N–H and O–H groups in total. The van der Waals surface area contributed by atoms with Crippen molar-refractivity contribution in [3.05, 3.63) is 33.5 Å². The molecule has 6 heteroatoms. The average Bonchev–Trinajstić information content (AvgIpc) is 3.08. The summed E-state index contributed by atoms with van der Waals surface area (Å²) in [7, 11) is 0. The number of hydrogen-bond acceptors (Lipinski definition) is 4. The van der Waals surface area contributed by atoms with E-state index in [-0.39, 0.29) is 5.91 Å². The Kier molecular flexibility index (Phi) is 4.57. The van der Waals surface area contributed by atoms with Crippen LogP contribution in [-0.4, -0.2) is 39.1 Å². The summed E-state index contributed by atoms with van der Waals surface area (Å²) in [5.74, 6) is 0.727. The lowest BCUT2D eigenvalue weighted by Gasteiger charge is -2.32. The lowest BCUT2D eigenvalue weighted by molar-refractivity contribution is -0.132. The Morgan fingerprint density at radius 3 is 3.05 bits per heavy atom. The van der Waals surface area contributed by atoms with Gasteiger partial charge in [0.1, 0.15) is 0 Å². The van der Waals surface area contributed by atoms with Gasteiger partial charge in [-0.3, -0.25) is 9.89 Å². The minimum atomic E-state index is 0.205. The molecule has 0 aliphatic carbocycles. The van der Waals surface area contributed by atoms with Crippen LogP contribution >= 0.6 is 11.3 Å². The first-order valence-corrected chi connectivity index (χ1v) is 8.67. The van der Waals surface area contributed by atoms with Gasteiger partial charge in [0.05, 0.1) is 23.3 Å². The molecule has 1 atom stereocenters. The van der Waals surface area contributed by atoms with Crippen molar-refractivity contribution in [2.24, 2.45) is 5.92 Å². The summed E-state index contributed by atoms with van der Waals surface area (Å²) in [6, 6.07) is 0. The van der Waals surface area contributed by atoms with Crippen LogP contribution in [0, 0.1) is 19.8 Å². The van der Waals surface area contributed by atoms with Crippen molar-refractivity contribution < 1.29 is 4.79 Å². The Balaban J connectivity index is 1.58. The van der Waals surface area contributed by atoms with Crippen molar-refractivity contribution in [2.45, 2.75) is 39.5 Å². The maximum atomic E-state index is 12.5. The molecule has 1 amide bonds. The van der Waals surface area contributed by atoms with Gasteiger partial charge in [-0.1, -0.05) is 0 Å². The van der Waals surface area contributed by atoms with Crippen LogP contribution in [0.3, 0.4) is 0 Å². The zero-order valence-electron chi connectivity index (χ0n) is 13.1. The van der Waals surface area contributed by atoms with E-state index in [0.717, 1.165) is 36.6 Å². The number of carbonyl (C=O) groups is 1. The number of amides is 1. The number of hydrogen-bond donors (Lipinski definition) is 1. The summed E-state index contributed by atoms with van der Waals surface area (Å²) in [5.41, 5.74) is 3.31. The Bertz CT molecular complexity index is 648. The number of carbonyl (C=O) groups excluding carboxylic acids is 1. The van der Waals surface area contributed by atoms with Gasteiger partial charge in [0.25, 0.3) is 0 Å². The van der Waals surface area contributed by atoms with Gasteiger partial charge in [-0.25, -0.2) is 4.98 Å². The zero-order chi connectivity index (χ0) is 15.5. The first-order valence-electron chi connectivity index (χ1n) is 7.79. The highest BCUT2D eigenvalue weighted by molar-refractivity contribution is 7.09. The van der Waals surface area contributed by atoms with E-state index < -0.39 is 0 Å². The Hall–Kier alpha value is -1.69. The van der Waals surface area contributed by atoms with E-state index in [2.05, 4.69) is 22.1 Å². The number of nitrogens with zero attached hydrogens (tertiary/aromatic N) is 3. The van der Waals surface area contributed by atoms with Crippen molar-refractivity contribution in [1.82, 2.24) is 20.1 Å². The largest absolute Gasteiger partial charge is 0.342 e. The van der Waals surface area contributed by atoms with Crippen molar-refractivity contribution in [3.8, 4) is 0 Å². The molecule has 2 aromatic rings. The summed E-state index contributed by atoms with van der Waals surface area (Å²) in [6.45, 7) is 5.78. The first-order chi connectivity index (χ1) is 10.6. The lowest BCUT2D eigenvalue weighted by atomic mass is 9.92. The molecule has 0 spiro atoms. The molecule has 118 valence electrons. The number of piperidine rings is 1. The highest BCUT2D eigenvalue weighted by Gasteiger charge is 2.25. The van der Waals surface area contributed by atoms with Gasteiger partial charge in [-0.2, -0.15) is 5.10 Å². The fraction of sp³-hybridized carbons (Fsp3) is 0.562. The summed E-state index contributed by atoms with van der Waals surface area (Å²) in [6.07, 6.45) is 5.54. The van der Waals surface area contributed by atoms with E-state index in [4.69, 9.17) is 0 Å². The molecule has 1 fully saturated rings. The van der Waals surface area contributed by atoms with Crippen LogP contribution in [-0.2, 0) is 17.6 Å². The second-order valence-electron chi connectivity index (χ2n) is 6.12. The number of thiazole rings is 1. The maximum absolute atomic E-state index is 12.5. The average molecular weight is 318 g/mol. The third-order valence-electron chi connectivity index (χ3n) is 4.30. The third kappa shape index (κ3) is 3.55. The quantitative estimate of drug-likeness (QED) is 0.942. The van der Waals surface area contributed by atoms with Crippen molar-refractivity contribution >= 4 is 17.2 Å². The maximum Gasteiger partial charge on any atom is 0.228 e. The molecule has 3 rings (SSSR count). The van der Waals surface area contributed by atoms with E-state index in [1.165, 1.54) is 17.7 Å². The highest BCUT2D eigenvalue weighted by atomic mass is 32.1. The minimum absolute atomic E-state index is 0.205. The summed E-state index contributed by atoms with van der Waals surface area (Å²) in [4.78, 5) is 18.9. The number of rotatable bonds is 4. The second-order valence-corrected chi connectivity index (χ2v) is 7.18. The molecule has 0 saturated carbocycles. The third-order valence-corrected chi connectivity index (χ3v) is 5.12. The fourth-order valence-electron chi connectivity index (χ4n) is 3.08. The van der Waals surface area contributed by atoms with Gasteiger partial charge in [-0.15, -0.1) is 11.3 Å². The molecule has 2 aromatic heterocycles. The lowest BCUT2D eigenvalue weighted by Crippen LogP contribution is -2.41. The fourth-order valence-corrected chi connectivity index (χ4v) is 3.70. The molecular formula is C16H22N4OS. The predicted octanol–water partition coefficient (Wildman–Crippen LogP) is 2.51. The van der Waals surface area contributed by atoms with E-state index in [9.17, 15) is 4.79 Å². The highest BCUT2D eigenvalue weighted by Crippen LogP contribution is 2.22. The molecule has 1 unspecified atom stereocenters. The molecule has 1 aliphatic rings. The van der Waals surface area contributed by atoms with Crippen LogP contribution in [0.4, 0.5) is 0 Å². The number of aromatic nitrogens is 3. The van der Waals surface area contributed by atoms with Crippen LogP contribution < -0.4 is 0 Å². The van der Waals surface area contributed by atoms with Crippen molar-refractivity contribution in [2.75, 3.05) is 13.1 Å². The number of aromatic amines is 1. The van der Waals surface area contributed by atoms with E-state index >= 15 is 0 Å². The smallest absolute Gasteiger partial charge is 0.228 e. The van der Waals surface area contributed by atoms with Gasteiger partial charge in [0.15, 0.2) is 0 Å². The number of aryl methyl sites for hydroxylation is 2. The predicted molar refractivity (Wildman–Crippen MR) is 86.9 cm³/mol. The Labute approximate surface area is 134 Å². The molecule has 1 aliphatic heterocycles. The van der Waals surface area contributed by atoms with Gasteiger partial charge >= 0.3 is 0 Å². The Morgan fingerprint density at radius 2 is 2.36 bits per heavy atom. The van der Waals surface area contributed by atoms with Crippen molar-refractivity contribution in [1.29, 1.82) is 0 Å². The topological polar surface area (TPSA) is 61.9 Å². The van der Waals surface area contributed by atoms with Gasteiger partial charge in [0.2, 0.25) is 5.91 Å². The van der Waals surface area contributed by atoms with E-state index in [1.54, 1.807) is 11.3 Å². The van der Waals surface area contributed by atoms with Crippen LogP contribution in [0.1, 0.15) is 34.8 Å². The standard InChI is InChI=1S/C16H22N4OS/c1-11-8-17-19-15(11)6-13-4-3-5-20(9-13)16(21)7-14-10-22-12(2)18-14/h8,10,13H,3-7,9H2,1-2H3,(H,17,19). The molecule has 0 radical (unpaired) electrons. The van der Waals surface area contributed by atoms with Crippen LogP contribution in [0.2, 0.25) is 0 Å². The van der Waals surface area contributed by atoms with Crippen LogP contribution in [0.5, 0.6) is 0 Å². The normalized spacial score (nSPS) is 18.6. The van der Waals surface area contributed by atoms with E-state index in [1.807, 2.05) is 23.4 Å². The number of likely N-dealkylation sites (tertiary alicyclic amines) is 1. The molecule has 1 saturated heterocycles. The molecule has 0 aromatic carbocycles. The number of H-pyrrole nitrogens is 1. The SMILES string of the molecule is Cc1nc(CC(=O)N2CCCC(Cc3[nH]ncc3C)C2)cs1.